The minimum absolute atomic E-state index is 0.243. The zero-order valence-corrected chi connectivity index (χ0v) is 10.8. The summed E-state index contributed by atoms with van der Waals surface area (Å²) in [6.45, 7) is 0. The van der Waals surface area contributed by atoms with Crippen molar-refractivity contribution in [2.75, 3.05) is 12.0 Å². The maximum Gasteiger partial charge on any atom is 0.460 e. The Labute approximate surface area is 118 Å². The summed E-state index contributed by atoms with van der Waals surface area (Å²) in [5, 5.41) is 0. The zero-order valence-electron chi connectivity index (χ0n) is 10.0. The van der Waals surface area contributed by atoms with Gasteiger partial charge in [0, 0.05) is 0 Å². The van der Waals surface area contributed by atoms with Gasteiger partial charge in [0.1, 0.15) is 0 Å². The lowest BCUT2D eigenvalue weighted by Crippen LogP contribution is -2.70. The van der Waals surface area contributed by atoms with Crippen molar-refractivity contribution >= 4 is 11.8 Å². The highest BCUT2D eigenvalue weighted by Crippen LogP contribution is 2.60. The van der Waals surface area contributed by atoms with Gasteiger partial charge in [0.05, 0.1) is 5.75 Å². The molecule has 0 aliphatic heterocycles. The van der Waals surface area contributed by atoms with Gasteiger partial charge in [0.2, 0.25) is 0 Å². The molecule has 0 spiro atoms. The maximum absolute atomic E-state index is 12.9. The third-order valence-corrected chi connectivity index (χ3v) is 2.98. The Morgan fingerprint density at radius 3 is 1.14 bits per heavy atom. The molecule has 0 amide bonds. The molecule has 0 nitrogen and oxygen atoms in total. The van der Waals surface area contributed by atoms with Crippen LogP contribution in [0.25, 0.3) is 0 Å². The van der Waals surface area contributed by atoms with Crippen LogP contribution < -0.4 is 0 Å². The van der Waals surface area contributed by atoms with Gasteiger partial charge in [-0.1, -0.05) is 0 Å². The van der Waals surface area contributed by atoms with Gasteiger partial charge in [-0.3, -0.25) is 0 Å². The lowest BCUT2D eigenvalue weighted by Gasteiger charge is -2.39. The first-order valence-corrected chi connectivity index (χ1v) is 6.15. The second-order valence-corrected chi connectivity index (χ2v) is 4.80. The van der Waals surface area contributed by atoms with Gasteiger partial charge in [-0.05, 0) is 6.26 Å². The minimum Gasteiger partial charge on any atom is -0.199 e. The molecule has 0 aromatic carbocycles. The normalized spacial score (nSPS) is 16.1. The Kier molecular flexibility index (Phi) is 5.37. The Balaban J connectivity index is 6.11. The number of alkyl halides is 13. The third-order valence-electron chi connectivity index (χ3n) is 2.32. The number of halogens is 13. The van der Waals surface area contributed by atoms with Crippen molar-refractivity contribution in [3.63, 3.8) is 0 Å². The average Bonchev–Trinajstić information content (AvgIpc) is 2.26. The molecule has 0 rings (SSSR count). The molecule has 0 bridgehead atoms. The van der Waals surface area contributed by atoms with Crippen molar-refractivity contribution in [3.8, 4) is 0 Å². The Bertz CT molecular complexity index is 395. The smallest absolute Gasteiger partial charge is 0.199 e. The standard InChI is InChI=1S/C8H5F13S/c1-22-2-3(9,10)4(11,12)5(13,14)6(15,16)7(17,18)8(19,20)21/h2H2,1H3. The molecule has 134 valence electrons. The molecule has 22 heavy (non-hydrogen) atoms. The lowest BCUT2D eigenvalue weighted by atomic mass is 9.94. The summed E-state index contributed by atoms with van der Waals surface area (Å²) in [5.41, 5.74) is 0. The molecular weight excluding hydrogens is 375 g/mol. The molecular formula is C8H5F13S. The summed E-state index contributed by atoms with van der Waals surface area (Å²) in [4.78, 5) is 0. The maximum atomic E-state index is 12.9. The summed E-state index contributed by atoms with van der Waals surface area (Å²) < 4.78 is 162. The molecule has 0 heterocycles. The first kappa shape index (κ1) is 21.4. The van der Waals surface area contributed by atoms with Gasteiger partial charge in [-0.25, -0.2) is 0 Å². The SMILES string of the molecule is CSCC(F)(F)C(F)(F)C(F)(F)C(F)(F)C(F)(F)C(F)(F)F. The predicted molar refractivity (Wildman–Crippen MR) is 49.2 cm³/mol. The Morgan fingerprint density at radius 2 is 0.864 bits per heavy atom. The van der Waals surface area contributed by atoms with Crippen molar-refractivity contribution < 1.29 is 57.1 Å². The van der Waals surface area contributed by atoms with E-state index in [1.54, 1.807) is 0 Å². The molecule has 0 aliphatic rings. The summed E-state index contributed by atoms with van der Waals surface area (Å²) >= 11 is -0.243. The molecule has 0 saturated heterocycles. The van der Waals surface area contributed by atoms with Gasteiger partial charge >= 0.3 is 35.8 Å². The van der Waals surface area contributed by atoms with E-state index in [4.69, 9.17) is 0 Å². The molecule has 0 N–H and O–H groups in total. The summed E-state index contributed by atoms with van der Waals surface area (Å²) in [5.74, 6) is -38.5. The molecule has 0 saturated carbocycles. The second kappa shape index (κ2) is 5.51. The fourth-order valence-corrected chi connectivity index (χ4v) is 1.62. The molecule has 0 aliphatic carbocycles. The van der Waals surface area contributed by atoms with E-state index in [0.29, 0.717) is 6.26 Å². The molecule has 14 heteroatoms. The molecule has 0 unspecified atom stereocenters. The van der Waals surface area contributed by atoms with Crippen molar-refractivity contribution in [1.29, 1.82) is 0 Å². The second-order valence-electron chi connectivity index (χ2n) is 3.93. The van der Waals surface area contributed by atoms with E-state index in [1.165, 1.54) is 0 Å². The Hall–Kier alpha value is -0.560. The average molecular weight is 380 g/mol. The number of thioether (sulfide) groups is 1. The topological polar surface area (TPSA) is 0 Å². The largest absolute Gasteiger partial charge is 0.460 e. The predicted octanol–water partition coefficient (Wildman–Crippen LogP) is 5.09. The van der Waals surface area contributed by atoms with Crippen molar-refractivity contribution in [2.24, 2.45) is 0 Å². The minimum atomic E-state index is -7.82. The first-order valence-electron chi connectivity index (χ1n) is 4.76. The first-order chi connectivity index (χ1) is 9.31. The highest BCUT2D eigenvalue weighted by molar-refractivity contribution is 7.98. The summed E-state index contributed by atoms with van der Waals surface area (Å²) in [7, 11) is 0. The van der Waals surface area contributed by atoms with Gasteiger partial charge in [-0.15, -0.1) is 0 Å². The number of hydrogen-bond donors (Lipinski definition) is 0. The van der Waals surface area contributed by atoms with Crippen LogP contribution in [0, 0.1) is 0 Å². The summed E-state index contributed by atoms with van der Waals surface area (Å²) in [6, 6.07) is 0. The van der Waals surface area contributed by atoms with Crippen LogP contribution in [0.4, 0.5) is 57.1 Å². The third kappa shape index (κ3) is 2.82. The molecule has 0 fully saturated rings. The van der Waals surface area contributed by atoms with Crippen LogP contribution in [-0.2, 0) is 0 Å². The van der Waals surface area contributed by atoms with Crippen molar-refractivity contribution in [3.05, 3.63) is 0 Å². The van der Waals surface area contributed by atoms with Crippen LogP contribution in [0.1, 0.15) is 0 Å². The fraction of sp³-hybridized carbons (Fsp3) is 1.00. The lowest BCUT2D eigenvalue weighted by molar-refractivity contribution is -0.438. The van der Waals surface area contributed by atoms with E-state index in [9.17, 15) is 57.1 Å². The van der Waals surface area contributed by atoms with E-state index >= 15 is 0 Å². The monoisotopic (exact) mass is 380 g/mol. The van der Waals surface area contributed by atoms with Crippen LogP contribution in [0.2, 0.25) is 0 Å². The van der Waals surface area contributed by atoms with E-state index in [0.717, 1.165) is 0 Å². The summed E-state index contributed by atoms with van der Waals surface area (Å²) in [6.07, 6.45) is -6.71. The van der Waals surface area contributed by atoms with Crippen LogP contribution in [0.3, 0.4) is 0 Å². The van der Waals surface area contributed by atoms with Gasteiger partial charge < -0.3 is 0 Å². The van der Waals surface area contributed by atoms with Gasteiger partial charge in [-0.2, -0.15) is 68.8 Å². The molecule has 0 aromatic rings. The quantitative estimate of drug-likeness (QED) is 0.579. The van der Waals surface area contributed by atoms with Gasteiger partial charge in [0.25, 0.3) is 0 Å². The van der Waals surface area contributed by atoms with Crippen LogP contribution in [0.5, 0.6) is 0 Å². The highest BCUT2D eigenvalue weighted by Gasteiger charge is 2.90. The van der Waals surface area contributed by atoms with Crippen molar-refractivity contribution in [1.82, 2.24) is 0 Å². The molecule has 0 aromatic heterocycles. The van der Waals surface area contributed by atoms with E-state index in [2.05, 4.69) is 0 Å². The molecule has 0 radical (unpaired) electrons. The highest BCUT2D eigenvalue weighted by atomic mass is 32.2. The number of rotatable bonds is 6. The zero-order chi connectivity index (χ0) is 18.4. The fourth-order valence-electron chi connectivity index (χ4n) is 1.07. The Morgan fingerprint density at radius 1 is 0.545 bits per heavy atom. The van der Waals surface area contributed by atoms with Crippen LogP contribution in [0.15, 0.2) is 0 Å². The molecule has 0 atom stereocenters. The van der Waals surface area contributed by atoms with Crippen molar-refractivity contribution in [2.45, 2.75) is 35.8 Å². The van der Waals surface area contributed by atoms with Gasteiger partial charge in [0.15, 0.2) is 0 Å². The van der Waals surface area contributed by atoms with E-state index in [-0.39, 0.29) is 11.8 Å². The van der Waals surface area contributed by atoms with Crippen LogP contribution >= 0.6 is 11.8 Å². The van der Waals surface area contributed by atoms with E-state index in [1.807, 2.05) is 0 Å². The van der Waals surface area contributed by atoms with E-state index < -0.39 is 41.5 Å². The van der Waals surface area contributed by atoms with Crippen LogP contribution in [-0.4, -0.2) is 47.8 Å². The number of hydrogen-bond acceptors (Lipinski definition) is 1.